The van der Waals surface area contributed by atoms with E-state index in [1.54, 1.807) is 0 Å². The predicted molar refractivity (Wildman–Crippen MR) is 59.4 cm³/mol. The third kappa shape index (κ3) is 1.44. The summed E-state index contributed by atoms with van der Waals surface area (Å²) in [6.45, 7) is 0.0725. The molecule has 0 unspecified atom stereocenters. The lowest BCUT2D eigenvalue weighted by Gasteiger charge is -1.93. The van der Waals surface area contributed by atoms with Gasteiger partial charge < -0.3 is 5.11 Å². The topological polar surface area (TPSA) is 38.0 Å². The summed E-state index contributed by atoms with van der Waals surface area (Å²) < 4.78 is 2.96. The molecule has 0 bridgehead atoms. The fourth-order valence-electron chi connectivity index (χ4n) is 1.31. The Hall–Kier alpha value is -0.620. The van der Waals surface area contributed by atoms with Crippen LogP contribution in [0.2, 0.25) is 0 Å². The number of hydrogen-bond donors (Lipinski definition) is 1. The molecule has 0 saturated heterocycles. The van der Waals surface area contributed by atoms with E-state index in [0.29, 0.717) is 0 Å². The van der Waals surface area contributed by atoms with Gasteiger partial charge in [0.25, 0.3) is 0 Å². The second-order valence-corrected chi connectivity index (χ2v) is 3.95. The third-order valence-electron chi connectivity index (χ3n) is 2.01. The first-order valence-corrected chi connectivity index (χ1v) is 5.02. The number of aliphatic hydroxyl groups is 1. The average molecular weight is 288 g/mol. The zero-order valence-electron chi connectivity index (χ0n) is 7.16. The molecule has 1 N–H and O–H groups in total. The molecule has 1 aromatic carbocycles. The van der Waals surface area contributed by atoms with Crippen molar-refractivity contribution in [2.45, 2.75) is 6.61 Å². The minimum absolute atomic E-state index is 0.0725. The first kappa shape index (κ1) is 8.96. The zero-order chi connectivity index (χ0) is 9.42. The number of nitrogens with zero attached hydrogens (tertiary/aromatic N) is 2. The Kier molecular flexibility index (Phi) is 2.25. The van der Waals surface area contributed by atoms with E-state index in [2.05, 4.69) is 27.7 Å². The van der Waals surface area contributed by atoms with Crippen LogP contribution in [0.3, 0.4) is 0 Å². The van der Waals surface area contributed by atoms with E-state index in [1.807, 2.05) is 29.9 Å². The molecule has 1 heterocycles. The van der Waals surface area contributed by atoms with Crippen molar-refractivity contribution in [2.75, 3.05) is 0 Å². The molecule has 1 aromatic heterocycles. The SMILES string of the molecule is Cn1nc2cc(CO)ccc2c1I. The van der Waals surface area contributed by atoms with Crippen molar-refractivity contribution < 1.29 is 5.11 Å². The van der Waals surface area contributed by atoms with Crippen LogP contribution in [0.5, 0.6) is 0 Å². The molecule has 0 atom stereocenters. The molecule has 68 valence electrons. The summed E-state index contributed by atoms with van der Waals surface area (Å²) in [5.74, 6) is 0. The molecule has 4 heteroatoms. The van der Waals surface area contributed by atoms with E-state index in [9.17, 15) is 0 Å². The van der Waals surface area contributed by atoms with Crippen LogP contribution < -0.4 is 0 Å². The van der Waals surface area contributed by atoms with Gasteiger partial charge in [-0.2, -0.15) is 5.10 Å². The third-order valence-corrected chi connectivity index (χ3v) is 3.29. The normalized spacial score (nSPS) is 11.0. The van der Waals surface area contributed by atoms with Crippen LogP contribution in [0.15, 0.2) is 18.2 Å². The molecular weight excluding hydrogens is 279 g/mol. The van der Waals surface area contributed by atoms with Gasteiger partial charge in [0, 0.05) is 12.4 Å². The van der Waals surface area contributed by atoms with Crippen LogP contribution in [0.1, 0.15) is 5.56 Å². The number of hydrogen-bond acceptors (Lipinski definition) is 2. The average Bonchev–Trinajstić information content (AvgIpc) is 2.42. The highest BCUT2D eigenvalue weighted by Gasteiger charge is 2.05. The second-order valence-electron chi connectivity index (χ2n) is 2.92. The summed E-state index contributed by atoms with van der Waals surface area (Å²) in [6.07, 6.45) is 0. The number of aromatic nitrogens is 2. The molecule has 0 saturated carbocycles. The number of rotatable bonds is 1. The second kappa shape index (κ2) is 3.26. The summed E-state index contributed by atoms with van der Waals surface area (Å²) in [5.41, 5.74) is 1.85. The van der Waals surface area contributed by atoms with E-state index in [4.69, 9.17) is 5.11 Å². The Morgan fingerprint density at radius 3 is 3.00 bits per heavy atom. The molecule has 0 spiro atoms. The Morgan fingerprint density at radius 2 is 2.31 bits per heavy atom. The Morgan fingerprint density at radius 1 is 1.54 bits per heavy atom. The van der Waals surface area contributed by atoms with E-state index in [-0.39, 0.29) is 6.61 Å². The lowest BCUT2D eigenvalue weighted by atomic mass is 10.2. The van der Waals surface area contributed by atoms with Gasteiger partial charge in [0.2, 0.25) is 0 Å². The summed E-state index contributed by atoms with van der Waals surface area (Å²) in [6, 6.07) is 5.83. The number of fused-ring (bicyclic) bond motifs is 1. The highest BCUT2D eigenvalue weighted by Crippen LogP contribution is 2.20. The molecule has 2 rings (SSSR count). The van der Waals surface area contributed by atoms with Gasteiger partial charge in [-0.15, -0.1) is 0 Å². The van der Waals surface area contributed by atoms with Gasteiger partial charge in [-0.3, -0.25) is 4.68 Å². The fourth-order valence-corrected chi connectivity index (χ4v) is 1.88. The lowest BCUT2D eigenvalue weighted by Crippen LogP contribution is -1.91. The van der Waals surface area contributed by atoms with Gasteiger partial charge >= 0.3 is 0 Å². The van der Waals surface area contributed by atoms with E-state index in [0.717, 1.165) is 20.2 Å². The summed E-state index contributed by atoms with van der Waals surface area (Å²) in [7, 11) is 1.92. The standard InChI is InChI=1S/C9H9IN2O/c1-12-9(10)7-3-2-6(5-13)4-8(7)11-12/h2-4,13H,5H2,1H3. The molecule has 3 nitrogen and oxygen atoms in total. The van der Waals surface area contributed by atoms with E-state index >= 15 is 0 Å². The maximum Gasteiger partial charge on any atom is 0.106 e. The van der Waals surface area contributed by atoms with Gasteiger partial charge in [-0.25, -0.2) is 0 Å². The molecule has 0 aliphatic heterocycles. The summed E-state index contributed by atoms with van der Waals surface area (Å²) >= 11 is 2.26. The first-order chi connectivity index (χ1) is 6.22. The van der Waals surface area contributed by atoms with Crippen LogP contribution in [-0.4, -0.2) is 14.9 Å². The Balaban J connectivity index is 2.73. The highest BCUT2D eigenvalue weighted by atomic mass is 127. The van der Waals surface area contributed by atoms with Crippen molar-refractivity contribution in [3.8, 4) is 0 Å². The van der Waals surface area contributed by atoms with E-state index in [1.165, 1.54) is 0 Å². The predicted octanol–water partition coefficient (Wildman–Crippen LogP) is 1.67. The van der Waals surface area contributed by atoms with Crippen molar-refractivity contribution >= 4 is 33.5 Å². The highest BCUT2D eigenvalue weighted by molar-refractivity contribution is 14.1. The molecule has 0 aliphatic rings. The maximum atomic E-state index is 8.94. The number of benzene rings is 1. The van der Waals surface area contributed by atoms with Crippen molar-refractivity contribution in [2.24, 2.45) is 7.05 Å². The number of aliphatic hydroxyl groups excluding tert-OH is 1. The molecule has 0 amide bonds. The minimum Gasteiger partial charge on any atom is -0.392 e. The van der Waals surface area contributed by atoms with Crippen molar-refractivity contribution in [1.82, 2.24) is 9.78 Å². The van der Waals surface area contributed by atoms with Gasteiger partial charge in [-0.1, -0.05) is 6.07 Å². The monoisotopic (exact) mass is 288 g/mol. The van der Waals surface area contributed by atoms with Crippen LogP contribution in [0.4, 0.5) is 0 Å². The lowest BCUT2D eigenvalue weighted by molar-refractivity contribution is 0.282. The molecule has 2 aromatic rings. The quantitative estimate of drug-likeness (QED) is 0.811. The first-order valence-electron chi connectivity index (χ1n) is 3.94. The molecule has 0 aliphatic carbocycles. The minimum atomic E-state index is 0.0725. The molecule has 0 radical (unpaired) electrons. The van der Waals surface area contributed by atoms with Crippen molar-refractivity contribution in [3.63, 3.8) is 0 Å². The van der Waals surface area contributed by atoms with Crippen LogP contribution >= 0.6 is 22.6 Å². The van der Waals surface area contributed by atoms with Gasteiger partial charge in [0.05, 0.1) is 12.1 Å². The van der Waals surface area contributed by atoms with Crippen LogP contribution in [-0.2, 0) is 13.7 Å². The molecular formula is C9H9IN2O. The number of halogens is 1. The van der Waals surface area contributed by atoms with Gasteiger partial charge in [0.15, 0.2) is 0 Å². The maximum absolute atomic E-state index is 8.94. The van der Waals surface area contributed by atoms with Crippen molar-refractivity contribution in [1.29, 1.82) is 0 Å². The Bertz CT molecular complexity index is 450. The zero-order valence-corrected chi connectivity index (χ0v) is 9.32. The smallest absolute Gasteiger partial charge is 0.106 e. The van der Waals surface area contributed by atoms with E-state index < -0.39 is 0 Å². The fraction of sp³-hybridized carbons (Fsp3) is 0.222. The van der Waals surface area contributed by atoms with Crippen molar-refractivity contribution in [3.05, 3.63) is 27.5 Å². The summed E-state index contributed by atoms with van der Waals surface area (Å²) in [4.78, 5) is 0. The molecule has 13 heavy (non-hydrogen) atoms. The molecule has 0 fully saturated rings. The van der Waals surface area contributed by atoms with Gasteiger partial charge in [-0.05, 0) is 40.3 Å². The summed E-state index contributed by atoms with van der Waals surface area (Å²) in [5, 5.41) is 14.4. The number of aryl methyl sites for hydroxylation is 1. The van der Waals surface area contributed by atoms with Crippen LogP contribution in [0.25, 0.3) is 10.9 Å². The Labute approximate surface area is 89.5 Å². The largest absolute Gasteiger partial charge is 0.392 e. The van der Waals surface area contributed by atoms with Crippen LogP contribution in [0, 0.1) is 3.70 Å². The van der Waals surface area contributed by atoms with Gasteiger partial charge in [0.1, 0.15) is 3.70 Å².